The van der Waals surface area contributed by atoms with Gasteiger partial charge in [-0.1, -0.05) is 200 Å². The molecule has 0 saturated heterocycles. The fourth-order valence-electron chi connectivity index (χ4n) is 7.57. The summed E-state index contributed by atoms with van der Waals surface area (Å²) >= 11 is 0. The van der Waals surface area contributed by atoms with Crippen LogP contribution in [0.3, 0.4) is 0 Å². The van der Waals surface area contributed by atoms with E-state index in [1.807, 2.05) is 0 Å². The van der Waals surface area contributed by atoms with Gasteiger partial charge in [-0.2, -0.15) is 0 Å². The summed E-state index contributed by atoms with van der Waals surface area (Å²) in [6.07, 6.45) is 45.8. The zero-order valence-corrected chi connectivity index (χ0v) is 36.1. The van der Waals surface area contributed by atoms with Gasteiger partial charge >= 0.3 is 11.9 Å². The largest absolute Gasteiger partial charge is 0.480 e. The molecular weight excluding hydrogens is 673 g/mol. The van der Waals surface area contributed by atoms with Gasteiger partial charge in [0.15, 0.2) is 0 Å². The SMILES string of the molecule is CCCCCCCCCCCCCCCCCCC(=O)OC(CCCCCCCCCCCCCC)CCCCCCCC(=O)NC(CCCN)C(=O)O. The molecule has 0 saturated carbocycles. The number of nitrogens with two attached hydrogens (primary N) is 1. The van der Waals surface area contributed by atoms with E-state index in [4.69, 9.17) is 10.5 Å². The van der Waals surface area contributed by atoms with Crippen molar-refractivity contribution in [3.05, 3.63) is 0 Å². The number of carboxylic acids is 1. The first kappa shape index (κ1) is 52.4. The maximum Gasteiger partial charge on any atom is 0.326 e. The summed E-state index contributed by atoms with van der Waals surface area (Å²) in [4.78, 5) is 36.4. The first-order valence-corrected chi connectivity index (χ1v) is 23.9. The van der Waals surface area contributed by atoms with Crippen molar-refractivity contribution < 1.29 is 24.2 Å². The number of hydrogen-bond donors (Lipinski definition) is 3. The molecule has 0 spiro atoms. The monoisotopic (exact) mass is 765 g/mol. The highest BCUT2D eigenvalue weighted by Crippen LogP contribution is 2.20. The van der Waals surface area contributed by atoms with E-state index in [1.165, 1.54) is 161 Å². The van der Waals surface area contributed by atoms with Crippen molar-refractivity contribution in [2.75, 3.05) is 6.54 Å². The zero-order chi connectivity index (χ0) is 39.6. The second-order valence-electron chi connectivity index (χ2n) is 16.5. The van der Waals surface area contributed by atoms with Crippen LogP contribution < -0.4 is 11.1 Å². The van der Waals surface area contributed by atoms with Gasteiger partial charge in [0.2, 0.25) is 5.91 Å². The third-order valence-electron chi connectivity index (χ3n) is 11.2. The molecule has 0 aliphatic rings. The first-order valence-electron chi connectivity index (χ1n) is 23.9. The van der Waals surface area contributed by atoms with E-state index in [1.54, 1.807) is 0 Å². The normalized spacial score (nSPS) is 12.5. The molecule has 0 heterocycles. The number of aliphatic carboxylic acids is 1. The lowest BCUT2D eigenvalue weighted by molar-refractivity contribution is -0.150. The number of carboxylic acid groups (broad SMARTS) is 1. The Kier molecular flexibility index (Phi) is 41.2. The lowest BCUT2D eigenvalue weighted by Crippen LogP contribution is -2.40. The predicted molar refractivity (Wildman–Crippen MR) is 230 cm³/mol. The van der Waals surface area contributed by atoms with E-state index < -0.39 is 12.0 Å². The number of carbonyl (C=O) groups is 3. The van der Waals surface area contributed by atoms with Gasteiger partial charge in [0.05, 0.1) is 0 Å². The van der Waals surface area contributed by atoms with Crippen molar-refractivity contribution in [3.8, 4) is 0 Å². The fourth-order valence-corrected chi connectivity index (χ4v) is 7.57. The number of hydrogen-bond acceptors (Lipinski definition) is 5. The highest BCUT2D eigenvalue weighted by molar-refractivity contribution is 5.83. The first-order chi connectivity index (χ1) is 26.4. The molecular formula is C47H92N2O5. The number of ether oxygens (including phenoxy) is 1. The van der Waals surface area contributed by atoms with Crippen molar-refractivity contribution in [3.63, 3.8) is 0 Å². The van der Waals surface area contributed by atoms with Gasteiger partial charge < -0.3 is 20.9 Å². The predicted octanol–water partition coefficient (Wildman–Crippen LogP) is 13.7. The molecule has 0 rings (SSSR count). The Morgan fingerprint density at radius 2 is 0.796 bits per heavy atom. The molecule has 0 bridgehead atoms. The van der Waals surface area contributed by atoms with Crippen LogP contribution in [0.15, 0.2) is 0 Å². The van der Waals surface area contributed by atoms with E-state index in [0.29, 0.717) is 32.2 Å². The quantitative estimate of drug-likeness (QED) is 0.0420. The van der Waals surface area contributed by atoms with Gasteiger partial charge in [0.1, 0.15) is 12.1 Å². The van der Waals surface area contributed by atoms with E-state index in [-0.39, 0.29) is 18.0 Å². The molecule has 0 aliphatic heterocycles. The lowest BCUT2D eigenvalue weighted by atomic mass is 10.0. The molecule has 1 amide bonds. The van der Waals surface area contributed by atoms with Crippen LogP contribution in [0.25, 0.3) is 0 Å². The maximum absolute atomic E-state index is 12.8. The summed E-state index contributed by atoms with van der Waals surface area (Å²) < 4.78 is 6.07. The molecule has 0 aromatic heterocycles. The molecule has 2 unspecified atom stereocenters. The summed E-state index contributed by atoms with van der Waals surface area (Å²) in [6, 6.07) is -0.852. The molecule has 320 valence electrons. The smallest absolute Gasteiger partial charge is 0.326 e. The van der Waals surface area contributed by atoms with Gasteiger partial charge in [0, 0.05) is 12.8 Å². The number of rotatable bonds is 44. The van der Waals surface area contributed by atoms with Crippen LogP contribution in [-0.2, 0) is 19.1 Å². The van der Waals surface area contributed by atoms with Crippen LogP contribution in [0, 0.1) is 0 Å². The highest BCUT2D eigenvalue weighted by atomic mass is 16.5. The zero-order valence-electron chi connectivity index (χ0n) is 36.1. The van der Waals surface area contributed by atoms with Crippen LogP contribution in [0.2, 0.25) is 0 Å². The average molecular weight is 765 g/mol. The molecule has 7 heteroatoms. The lowest BCUT2D eigenvalue weighted by Gasteiger charge is -2.18. The Labute approximate surface area is 335 Å². The fraction of sp³-hybridized carbons (Fsp3) is 0.936. The minimum absolute atomic E-state index is 0.0126. The van der Waals surface area contributed by atoms with Crippen molar-refractivity contribution >= 4 is 17.8 Å². The second-order valence-corrected chi connectivity index (χ2v) is 16.5. The van der Waals surface area contributed by atoms with Gasteiger partial charge in [-0.15, -0.1) is 0 Å². The van der Waals surface area contributed by atoms with Gasteiger partial charge in [-0.3, -0.25) is 9.59 Å². The van der Waals surface area contributed by atoms with Gasteiger partial charge in [-0.05, 0) is 57.9 Å². The Hall–Kier alpha value is -1.63. The number of nitrogens with one attached hydrogen (secondary N) is 1. The molecule has 0 aromatic rings. The van der Waals surface area contributed by atoms with Crippen LogP contribution >= 0.6 is 0 Å². The van der Waals surface area contributed by atoms with Crippen molar-refractivity contribution in [2.24, 2.45) is 5.73 Å². The van der Waals surface area contributed by atoms with Gasteiger partial charge in [-0.25, -0.2) is 4.79 Å². The Morgan fingerprint density at radius 1 is 0.463 bits per heavy atom. The Bertz CT molecular complexity index is 822. The Morgan fingerprint density at radius 3 is 1.15 bits per heavy atom. The van der Waals surface area contributed by atoms with E-state index >= 15 is 0 Å². The summed E-state index contributed by atoms with van der Waals surface area (Å²) in [5, 5.41) is 12.0. The van der Waals surface area contributed by atoms with E-state index in [0.717, 1.165) is 64.2 Å². The van der Waals surface area contributed by atoms with E-state index in [9.17, 15) is 19.5 Å². The Balaban J connectivity index is 4.23. The maximum atomic E-state index is 12.8. The molecule has 2 atom stereocenters. The molecule has 7 nitrogen and oxygen atoms in total. The molecule has 0 aliphatic carbocycles. The third kappa shape index (κ3) is 38.6. The van der Waals surface area contributed by atoms with Crippen molar-refractivity contribution in [1.29, 1.82) is 0 Å². The minimum atomic E-state index is -0.999. The summed E-state index contributed by atoms with van der Waals surface area (Å²) in [5.41, 5.74) is 5.49. The summed E-state index contributed by atoms with van der Waals surface area (Å²) in [6.45, 7) is 4.97. The van der Waals surface area contributed by atoms with Crippen LogP contribution in [-0.4, -0.2) is 41.6 Å². The molecule has 4 N–H and O–H groups in total. The van der Waals surface area contributed by atoms with Crippen molar-refractivity contribution in [1.82, 2.24) is 5.32 Å². The summed E-state index contributed by atoms with van der Waals surface area (Å²) in [5.74, 6) is -1.21. The number of amides is 1. The topological polar surface area (TPSA) is 119 Å². The van der Waals surface area contributed by atoms with Crippen LogP contribution in [0.4, 0.5) is 0 Å². The van der Waals surface area contributed by atoms with Crippen LogP contribution in [0.5, 0.6) is 0 Å². The molecule has 0 radical (unpaired) electrons. The second kappa shape index (κ2) is 42.5. The standard InChI is InChI=1S/C47H92N2O5/c1-3-5-7-9-11-13-15-17-18-19-20-22-24-26-31-35-41-46(51)54-43(37-32-28-25-23-21-16-14-12-10-8-6-4-2)38-33-29-27-30-34-40-45(50)49-44(47(52)53)39-36-42-48/h43-44H,3-42,48H2,1-2H3,(H,49,50)(H,52,53). The summed E-state index contributed by atoms with van der Waals surface area (Å²) in [7, 11) is 0. The highest BCUT2D eigenvalue weighted by Gasteiger charge is 2.19. The third-order valence-corrected chi connectivity index (χ3v) is 11.2. The molecule has 54 heavy (non-hydrogen) atoms. The van der Waals surface area contributed by atoms with Crippen molar-refractivity contribution in [2.45, 2.75) is 276 Å². The number of esters is 1. The van der Waals surface area contributed by atoms with Gasteiger partial charge in [0.25, 0.3) is 0 Å². The molecule has 0 fully saturated rings. The van der Waals surface area contributed by atoms with Crippen LogP contribution in [0.1, 0.15) is 264 Å². The average Bonchev–Trinajstić information content (AvgIpc) is 3.16. The number of carbonyl (C=O) groups excluding carboxylic acids is 2. The number of unbranched alkanes of at least 4 members (excludes halogenated alkanes) is 30. The molecule has 0 aromatic carbocycles. The van der Waals surface area contributed by atoms with E-state index in [2.05, 4.69) is 19.2 Å². The minimum Gasteiger partial charge on any atom is -0.480 e.